The van der Waals surface area contributed by atoms with E-state index >= 15 is 0 Å². The Morgan fingerprint density at radius 2 is 1.78 bits per heavy atom. The van der Waals surface area contributed by atoms with Crippen LogP contribution in [0.25, 0.3) is 0 Å². The van der Waals surface area contributed by atoms with Gasteiger partial charge in [-0.1, -0.05) is 39.7 Å². The zero-order valence-electron chi connectivity index (χ0n) is 13.1. The molecule has 0 saturated heterocycles. The largest absolute Gasteiger partial charge is 0.459 e. The van der Waals surface area contributed by atoms with Crippen molar-refractivity contribution in [3.05, 3.63) is 69.2 Å². The van der Waals surface area contributed by atoms with Gasteiger partial charge in [-0.25, -0.2) is 0 Å². The second-order valence-corrected chi connectivity index (χ2v) is 6.20. The molecule has 5 heteroatoms. The number of aryl methyl sites for hydroxylation is 2. The van der Waals surface area contributed by atoms with Crippen LogP contribution in [0, 0.1) is 13.8 Å². The summed E-state index contributed by atoms with van der Waals surface area (Å²) in [5.41, 5.74) is 3.65. The number of halogens is 1. The van der Waals surface area contributed by atoms with Crippen LogP contribution in [-0.2, 0) is 16.1 Å². The van der Waals surface area contributed by atoms with E-state index in [4.69, 9.17) is 4.74 Å². The van der Waals surface area contributed by atoms with Crippen LogP contribution in [0.4, 0.5) is 0 Å². The molecule has 0 heterocycles. The fourth-order valence-corrected chi connectivity index (χ4v) is 2.29. The van der Waals surface area contributed by atoms with Gasteiger partial charge in [-0.3, -0.25) is 9.59 Å². The Labute approximate surface area is 144 Å². The first kappa shape index (κ1) is 17.2. The summed E-state index contributed by atoms with van der Waals surface area (Å²) in [5.74, 6) is -0.766. The van der Waals surface area contributed by atoms with Gasteiger partial charge in [0.25, 0.3) is 5.91 Å². The van der Waals surface area contributed by atoms with Crippen molar-refractivity contribution in [1.82, 2.24) is 5.32 Å². The molecule has 0 aliphatic heterocycles. The maximum atomic E-state index is 11.9. The highest BCUT2D eigenvalue weighted by Gasteiger charge is 2.09. The number of carbonyl (C=O) groups is 2. The average Bonchev–Trinajstić information content (AvgIpc) is 2.54. The van der Waals surface area contributed by atoms with Gasteiger partial charge in [-0.15, -0.1) is 0 Å². The smallest absolute Gasteiger partial charge is 0.325 e. The standard InChI is InChI=1S/C18H18BrNO3/c1-12-3-4-13(2)15(9-12)11-23-17(21)10-20-18(22)14-5-7-16(19)8-6-14/h3-9H,10-11H2,1-2H3,(H,20,22). The summed E-state index contributed by atoms with van der Waals surface area (Å²) < 4.78 is 6.10. The van der Waals surface area contributed by atoms with E-state index < -0.39 is 5.97 Å². The number of rotatable bonds is 5. The zero-order chi connectivity index (χ0) is 16.8. The topological polar surface area (TPSA) is 55.4 Å². The maximum Gasteiger partial charge on any atom is 0.325 e. The van der Waals surface area contributed by atoms with Crippen LogP contribution < -0.4 is 5.32 Å². The van der Waals surface area contributed by atoms with E-state index in [1.165, 1.54) is 0 Å². The van der Waals surface area contributed by atoms with Crippen molar-refractivity contribution in [2.75, 3.05) is 6.54 Å². The first-order valence-electron chi connectivity index (χ1n) is 7.21. The number of ether oxygens (including phenoxy) is 1. The highest BCUT2D eigenvalue weighted by molar-refractivity contribution is 9.10. The molecule has 0 radical (unpaired) electrons. The Bertz CT molecular complexity index is 711. The maximum absolute atomic E-state index is 11.9. The molecule has 0 unspecified atom stereocenters. The Morgan fingerprint density at radius 1 is 1.09 bits per heavy atom. The van der Waals surface area contributed by atoms with Crippen LogP contribution in [-0.4, -0.2) is 18.4 Å². The SMILES string of the molecule is Cc1ccc(C)c(COC(=O)CNC(=O)c2ccc(Br)cc2)c1. The lowest BCUT2D eigenvalue weighted by Crippen LogP contribution is -2.30. The van der Waals surface area contributed by atoms with Gasteiger partial charge in [0.1, 0.15) is 13.2 Å². The van der Waals surface area contributed by atoms with Crippen molar-refractivity contribution < 1.29 is 14.3 Å². The van der Waals surface area contributed by atoms with Crippen molar-refractivity contribution in [3.63, 3.8) is 0 Å². The summed E-state index contributed by atoms with van der Waals surface area (Å²) in [6.07, 6.45) is 0. The van der Waals surface area contributed by atoms with Gasteiger partial charge >= 0.3 is 5.97 Å². The van der Waals surface area contributed by atoms with Crippen molar-refractivity contribution in [2.45, 2.75) is 20.5 Å². The molecular weight excluding hydrogens is 358 g/mol. The van der Waals surface area contributed by atoms with Crippen LogP contribution in [0.1, 0.15) is 27.0 Å². The third-order valence-electron chi connectivity index (χ3n) is 3.39. The van der Waals surface area contributed by atoms with E-state index in [0.717, 1.165) is 21.2 Å². The molecule has 2 aromatic rings. The number of esters is 1. The summed E-state index contributed by atoms with van der Waals surface area (Å²) in [6.45, 7) is 4.02. The fraction of sp³-hybridized carbons (Fsp3) is 0.222. The third-order valence-corrected chi connectivity index (χ3v) is 3.92. The minimum atomic E-state index is -0.462. The first-order valence-corrected chi connectivity index (χ1v) is 8.00. The minimum Gasteiger partial charge on any atom is -0.459 e. The molecule has 120 valence electrons. The van der Waals surface area contributed by atoms with Gasteiger partial charge in [0, 0.05) is 10.0 Å². The van der Waals surface area contributed by atoms with Crippen LogP contribution in [0.5, 0.6) is 0 Å². The van der Waals surface area contributed by atoms with E-state index in [1.807, 2.05) is 32.0 Å². The van der Waals surface area contributed by atoms with E-state index in [-0.39, 0.29) is 19.1 Å². The van der Waals surface area contributed by atoms with Gasteiger partial charge in [0.05, 0.1) is 0 Å². The zero-order valence-corrected chi connectivity index (χ0v) is 14.6. The van der Waals surface area contributed by atoms with E-state index in [0.29, 0.717) is 5.56 Å². The molecule has 0 saturated carbocycles. The van der Waals surface area contributed by atoms with Gasteiger partial charge in [-0.2, -0.15) is 0 Å². The number of hydrogen-bond acceptors (Lipinski definition) is 3. The Balaban J connectivity index is 1.82. The molecule has 0 aliphatic rings. The molecule has 23 heavy (non-hydrogen) atoms. The van der Waals surface area contributed by atoms with Gasteiger partial charge in [0.2, 0.25) is 0 Å². The van der Waals surface area contributed by atoms with Crippen molar-refractivity contribution in [2.24, 2.45) is 0 Å². The minimum absolute atomic E-state index is 0.153. The normalized spacial score (nSPS) is 10.2. The Hall–Kier alpha value is -2.14. The summed E-state index contributed by atoms with van der Waals surface area (Å²) in [4.78, 5) is 23.7. The molecule has 0 atom stereocenters. The van der Waals surface area contributed by atoms with Gasteiger partial charge in [0.15, 0.2) is 0 Å². The van der Waals surface area contributed by atoms with Crippen molar-refractivity contribution in [3.8, 4) is 0 Å². The molecular formula is C18H18BrNO3. The van der Waals surface area contributed by atoms with E-state index in [9.17, 15) is 9.59 Å². The molecule has 1 N–H and O–H groups in total. The lowest BCUT2D eigenvalue weighted by molar-refractivity contribution is -0.143. The number of carbonyl (C=O) groups excluding carboxylic acids is 2. The van der Waals surface area contributed by atoms with Crippen molar-refractivity contribution >= 4 is 27.8 Å². The predicted molar refractivity (Wildman–Crippen MR) is 92.2 cm³/mol. The second-order valence-electron chi connectivity index (χ2n) is 5.28. The summed E-state index contributed by atoms with van der Waals surface area (Å²) in [7, 11) is 0. The number of amides is 1. The van der Waals surface area contributed by atoms with Crippen LogP contribution in [0.2, 0.25) is 0 Å². The van der Waals surface area contributed by atoms with Crippen LogP contribution in [0.3, 0.4) is 0 Å². The Morgan fingerprint density at radius 3 is 2.48 bits per heavy atom. The fourth-order valence-electron chi connectivity index (χ4n) is 2.02. The lowest BCUT2D eigenvalue weighted by atomic mass is 10.1. The number of nitrogens with one attached hydrogen (secondary N) is 1. The molecule has 0 fully saturated rings. The molecule has 0 aromatic heterocycles. The third kappa shape index (κ3) is 5.21. The van der Waals surface area contributed by atoms with Crippen LogP contribution >= 0.6 is 15.9 Å². The molecule has 0 aliphatic carbocycles. The van der Waals surface area contributed by atoms with Gasteiger partial charge in [-0.05, 0) is 49.2 Å². The Kier molecular flexibility index (Phi) is 5.93. The van der Waals surface area contributed by atoms with Gasteiger partial charge < -0.3 is 10.1 Å². The quantitative estimate of drug-likeness (QED) is 0.813. The molecule has 1 amide bonds. The monoisotopic (exact) mass is 375 g/mol. The van der Waals surface area contributed by atoms with E-state index in [1.54, 1.807) is 24.3 Å². The molecule has 0 spiro atoms. The average molecular weight is 376 g/mol. The molecule has 4 nitrogen and oxygen atoms in total. The lowest BCUT2D eigenvalue weighted by Gasteiger charge is -2.09. The summed E-state index contributed by atoms with van der Waals surface area (Å²) >= 11 is 3.30. The number of hydrogen-bond donors (Lipinski definition) is 1. The van der Waals surface area contributed by atoms with Crippen LogP contribution in [0.15, 0.2) is 46.9 Å². The number of benzene rings is 2. The first-order chi connectivity index (χ1) is 11.0. The van der Waals surface area contributed by atoms with Crippen molar-refractivity contribution in [1.29, 1.82) is 0 Å². The molecule has 2 aromatic carbocycles. The highest BCUT2D eigenvalue weighted by Crippen LogP contribution is 2.12. The second kappa shape index (κ2) is 7.92. The predicted octanol–water partition coefficient (Wildman–Crippen LogP) is 3.54. The summed E-state index contributed by atoms with van der Waals surface area (Å²) in [6, 6.07) is 12.9. The van der Waals surface area contributed by atoms with E-state index in [2.05, 4.69) is 21.2 Å². The molecule has 2 rings (SSSR count). The highest BCUT2D eigenvalue weighted by atomic mass is 79.9. The summed E-state index contributed by atoms with van der Waals surface area (Å²) in [5, 5.41) is 2.55. The molecule has 0 bridgehead atoms.